The van der Waals surface area contributed by atoms with Gasteiger partial charge in [-0.05, 0) is 51.3 Å². The van der Waals surface area contributed by atoms with Crippen LogP contribution >= 0.6 is 0 Å². The van der Waals surface area contributed by atoms with Crippen molar-refractivity contribution in [2.24, 2.45) is 0 Å². The van der Waals surface area contributed by atoms with Crippen molar-refractivity contribution in [3.8, 4) is 22.3 Å². The molecule has 0 heteroatoms. The molecule has 0 fully saturated rings. The Balaban J connectivity index is 1.96. The van der Waals surface area contributed by atoms with Crippen molar-refractivity contribution in [1.82, 2.24) is 0 Å². The number of hydrogen-bond acceptors (Lipinski definition) is 0. The molecular weight excluding hydrogens is 288 g/mol. The van der Waals surface area contributed by atoms with Crippen LogP contribution in [0.15, 0.2) is 72.8 Å². The van der Waals surface area contributed by atoms with E-state index in [2.05, 4.69) is 100 Å². The molecule has 0 aliphatic rings. The summed E-state index contributed by atoms with van der Waals surface area (Å²) < 4.78 is 0. The maximum Gasteiger partial charge on any atom is -0.0178 e. The fraction of sp³-hybridized carbons (Fsp3) is 0.250. The third kappa shape index (κ3) is 3.59. The Morgan fingerprint density at radius 2 is 0.958 bits per heavy atom. The highest BCUT2D eigenvalue weighted by Crippen LogP contribution is 2.29. The summed E-state index contributed by atoms with van der Waals surface area (Å²) in [6, 6.07) is 26.7. The van der Waals surface area contributed by atoms with Gasteiger partial charge < -0.3 is 0 Å². The molecule has 0 radical (unpaired) electrons. The third-order valence-corrected chi connectivity index (χ3v) is 4.66. The highest BCUT2D eigenvalue weighted by atomic mass is 14.1. The van der Waals surface area contributed by atoms with Crippen LogP contribution in [0.2, 0.25) is 0 Å². The van der Waals surface area contributed by atoms with E-state index >= 15 is 0 Å². The maximum absolute atomic E-state index is 2.31. The molecule has 0 aliphatic carbocycles. The lowest BCUT2D eigenvalue weighted by atomic mass is 9.94. The van der Waals surface area contributed by atoms with Crippen LogP contribution < -0.4 is 0 Å². The zero-order valence-corrected chi connectivity index (χ0v) is 15.1. The van der Waals surface area contributed by atoms with Crippen LogP contribution in [-0.2, 0) is 0 Å². The molecule has 0 spiro atoms. The molecule has 0 amide bonds. The summed E-state index contributed by atoms with van der Waals surface area (Å²) in [5.74, 6) is 1.13. The van der Waals surface area contributed by atoms with Gasteiger partial charge in [-0.3, -0.25) is 0 Å². The normalized spacial score (nSPS) is 11.2. The molecule has 0 bridgehead atoms. The van der Waals surface area contributed by atoms with Crippen LogP contribution in [0.25, 0.3) is 22.3 Å². The smallest absolute Gasteiger partial charge is 0.0178 e. The van der Waals surface area contributed by atoms with Gasteiger partial charge in [-0.15, -0.1) is 0 Å². The molecule has 0 saturated carbocycles. The van der Waals surface area contributed by atoms with Gasteiger partial charge in [0.2, 0.25) is 0 Å². The number of hydrogen-bond donors (Lipinski definition) is 0. The highest BCUT2D eigenvalue weighted by molar-refractivity contribution is 5.73. The van der Waals surface area contributed by atoms with Crippen molar-refractivity contribution in [2.75, 3.05) is 0 Å². The van der Waals surface area contributed by atoms with E-state index in [4.69, 9.17) is 0 Å². The molecule has 3 rings (SSSR count). The second-order valence-electron chi connectivity index (χ2n) is 7.14. The van der Waals surface area contributed by atoms with Crippen LogP contribution in [-0.4, -0.2) is 0 Å². The minimum atomic E-state index is 0.553. The summed E-state index contributed by atoms with van der Waals surface area (Å²) >= 11 is 0. The van der Waals surface area contributed by atoms with Gasteiger partial charge in [-0.25, -0.2) is 0 Å². The summed E-state index contributed by atoms with van der Waals surface area (Å²) in [6.45, 7) is 8.95. The van der Waals surface area contributed by atoms with Gasteiger partial charge in [0, 0.05) is 0 Å². The van der Waals surface area contributed by atoms with Crippen LogP contribution in [0.4, 0.5) is 0 Å². The molecule has 0 nitrogen and oxygen atoms in total. The van der Waals surface area contributed by atoms with Gasteiger partial charge in [-0.1, -0.05) is 94.4 Å². The lowest BCUT2D eigenvalue weighted by Gasteiger charge is -2.11. The lowest BCUT2D eigenvalue weighted by molar-refractivity contribution is 0.867. The second kappa shape index (κ2) is 7.05. The topological polar surface area (TPSA) is 0 Å². The van der Waals surface area contributed by atoms with E-state index in [0.717, 1.165) is 0 Å². The van der Waals surface area contributed by atoms with E-state index in [0.29, 0.717) is 11.8 Å². The van der Waals surface area contributed by atoms with E-state index < -0.39 is 0 Å². The fourth-order valence-electron chi connectivity index (χ4n) is 3.02. The van der Waals surface area contributed by atoms with Gasteiger partial charge in [0.05, 0.1) is 0 Å². The maximum atomic E-state index is 2.31. The van der Waals surface area contributed by atoms with Crippen molar-refractivity contribution in [3.63, 3.8) is 0 Å². The summed E-state index contributed by atoms with van der Waals surface area (Å²) in [6.07, 6.45) is 0. The molecular formula is C24H26. The minimum Gasteiger partial charge on any atom is -0.0614 e. The Kier molecular flexibility index (Phi) is 4.85. The minimum absolute atomic E-state index is 0.553. The lowest BCUT2D eigenvalue weighted by Crippen LogP contribution is -1.89. The number of rotatable bonds is 4. The molecule has 122 valence electrons. The van der Waals surface area contributed by atoms with E-state index in [1.165, 1.54) is 33.4 Å². The molecule has 0 N–H and O–H groups in total. The molecule has 0 aromatic heterocycles. The molecule has 0 saturated heterocycles. The predicted molar refractivity (Wildman–Crippen MR) is 105 cm³/mol. The summed E-state index contributed by atoms with van der Waals surface area (Å²) in [5, 5.41) is 0. The second-order valence-corrected chi connectivity index (χ2v) is 7.14. The van der Waals surface area contributed by atoms with Gasteiger partial charge >= 0.3 is 0 Å². The predicted octanol–water partition coefficient (Wildman–Crippen LogP) is 7.27. The molecule has 3 aromatic rings. The Labute approximate surface area is 146 Å². The zero-order chi connectivity index (χ0) is 17.1. The monoisotopic (exact) mass is 314 g/mol. The first kappa shape index (κ1) is 16.5. The van der Waals surface area contributed by atoms with E-state index in [1.54, 1.807) is 0 Å². The van der Waals surface area contributed by atoms with Crippen molar-refractivity contribution >= 4 is 0 Å². The fourth-order valence-corrected chi connectivity index (χ4v) is 3.02. The summed E-state index contributed by atoms with van der Waals surface area (Å²) in [5.41, 5.74) is 7.91. The molecule has 0 unspecified atom stereocenters. The Morgan fingerprint density at radius 1 is 0.458 bits per heavy atom. The average Bonchev–Trinajstić information content (AvgIpc) is 2.62. The molecule has 24 heavy (non-hydrogen) atoms. The van der Waals surface area contributed by atoms with Crippen molar-refractivity contribution in [3.05, 3.63) is 83.9 Å². The third-order valence-electron chi connectivity index (χ3n) is 4.66. The first-order valence-corrected chi connectivity index (χ1v) is 8.85. The van der Waals surface area contributed by atoms with Gasteiger partial charge in [0.1, 0.15) is 0 Å². The van der Waals surface area contributed by atoms with Crippen molar-refractivity contribution < 1.29 is 0 Å². The SMILES string of the molecule is CC(C)c1ccc(-c2cccc(-c3cccc(C(C)C)c3)c2)cc1. The summed E-state index contributed by atoms with van der Waals surface area (Å²) in [7, 11) is 0. The largest absolute Gasteiger partial charge is 0.0614 e. The van der Waals surface area contributed by atoms with Crippen molar-refractivity contribution in [2.45, 2.75) is 39.5 Å². The molecule has 0 atom stereocenters. The quantitative estimate of drug-likeness (QED) is 0.475. The highest BCUT2D eigenvalue weighted by Gasteiger charge is 2.05. The standard InChI is InChI=1S/C24H26/c1-17(2)19-11-13-20(14-12-19)22-8-6-10-24(16-22)23-9-5-7-21(15-23)18(3)4/h5-18H,1-4H3. The van der Waals surface area contributed by atoms with E-state index in [-0.39, 0.29) is 0 Å². The Morgan fingerprint density at radius 3 is 1.54 bits per heavy atom. The van der Waals surface area contributed by atoms with Crippen LogP contribution in [0.5, 0.6) is 0 Å². The molecule has 0 heterocycles. The van der Waals surface area contributed by atoms with Crippen LogP contribution in [0.1, 0.15) is 50.7 Å². The Bertz CT molecular complexity index is 807. The average molecular weight is 314 g/mol. The zero-order valence-electron chi connectivity index (χ0n) is 15.1. The summed E-state index contributed by atoms with van der Waals surface area (Å²) in [4.78, 5) is 0. The molecule has 3 aromatic carbocycles. The van der Waals surface area contributed by atoms with E-state index in [1.807, 2.05) is 0 Å². The van der Waals surface area contributed by atoms with Gasteiger partial charge in [-0.2, -0.15) is 0 Å². The molecule has 0 aliphatic heterocycles. The van der Waals surface area contributed by atoms with Crippen LogP contribution in [0.3, 0.4) is 0 Å². The van der Waals surface area contributed by atoms with Gasteiger partial charge in [0.25, 0.3) is 0 Å². The first-order chi connectivity index (χ1) is 11.5. The van der Waals surface area contributed by atoms with Gasteiger partial charge in [0.15, 0.2) is 0 Å². The van der Waals surface area contributed by atoms with E-state index in [9.17, 15) is 0 Å². The number of benzene rings is 3. The van der Waals surface area contributed by atoms with Crippen LogP contribution in [0, 0.1) is 0 Å². The van der Waals surface area contributed by atoms with Crippen molar-refractivity contribution in [1.29, 1.82) is 0 Å². The Hall–Kier alpha value is -2.34. The first-order valence-electron chi connectivity index (χ1n) is 8.85.